The second kappa shape index (κ2) is 11.1. The smallest absolute Gasteiger partial charge is 0.251 e. The zero-order valence-corrected chi connectivity index (χ0v) is 18.5. The third-order valence-corrected chi connectivity index (χ3v) is 4.64. The van der Waals surface area contributed by atoms with E-state index in [0.29, 0.717) is 23.8 Å². The molecule has 0 aliphatic rings. The second-order valence-corrected chi connectivity index (χ2v) is 7.39. The van der Waals surface area contributed by atoms with Crippen LogP contribution >= 0.6 is 15.9 Å². The molecule has 0 bridgehead atoms. The highest BCUT2D eigenvalue weighted by atomic mass is 79.9. The number of ether oxygens (including phenoxy) is 2. The Balaban J connectivity index is 1.48. The van der Waals surface area contributed by atoms with Gasteiger partial charge in [0, 0.05) is 28.8 Å². The molecule has 0 aliphatic carbocycles. The lowest BCUT2D eigenvalue weighted by atomic mass is 10.2. The number of amides is 2. The molecular weight excluding hydrogens is 462 g/mol. The third kappa shape index (κ3) is 7.11. The Morgan fingerprint density at radius 2 is 1.77 bits per heavy atom. The molecule has 1 aromatic heterocycles. The van der Waals surface area contributed by atoms with Gasteiger partial charge >= 0.3 is 0 Å². The van der Waals surface area contributed by atoms with E-state index in [1.807, 2.05) is 25.1 Å². The molecule has 7 nitrogen and oxygen atoms in total. The van der Waals surface area contributed by atoms with Crippen molar-refractivity contribution in [1.82, 2.24) is 15.6 Å². The molecule has 0 aliphatic heterocycles. The maximum Gasteiger partial charge on any atom is 0.251 e. The highest BCUT2D eigenvalue weighted by molar-refractivity contribution is 9.10. The van der Waals surface area contributed by atoms with E-state index in [1.54, 1.807) is 48.7 Å². The van der Waals surface area contributed by atoms with Crippen LogP contribution in [0.4, 0.5) is 0 Å². The molecule has 3 aromatic rings. The minimum absolute atomic E-state index is 0.119. The highest BCUT2D eigenvalue weighted by Gasteiger charge is 2.09. The largest absolute Gasteiger partial charge is 0.494 e. The maximum absolute atomic E-state index is 12.1. The summed E-state index contributed by atoms with van der Waals surface area (Å²) in [6, 6.07) is 17.7. The molecule has 2 aromatic carbocycles. The summed E-state index contributed by atoms with van der Waals surface area (Å²) in [5.41, 5.74) is 1.30. The molecule has 8 heteroatoms. The first kappa shape index (κ1) is 22.3. The van der Waals surface area contributed by atoms with Crippen LogP contribution in [0.25, 0.3) is 0 Å². The van der Waals surface area contributed by atoms with Crippen molar-refractivity contribution >= 4 is 27.7 Å². The monoisotopic (exact) mass is 483 g/mol. The number of nitrogens with one attached hydrogen (secondary N) is 2. The first-order valence-electron chi connectivity index (χ1n) is 9.69. The molecule has 0 spiro atoms. The lowest BCUT2D eigenvalue weighted by molar-refractivity contribution is -0.120. The maximum atomic E-state index is 12.1. The number of hydrogen-bond donors (Lipinski definition) is 2. The molecule has 0 atom stereocenters. The Hall–Kier alpha value is -3.39. The zero-order chi connectivity index (χ0) is 22.1. The fraction of sp³-hybridized carbons (Fsp3) is 0.174. The first-order chi connectivity index (χ1) is 15.0. The molecule has 160 valence electrons. The van der Waals surface area contributed by atoms with Crippen LogP contribution < -0.4 is 20.1 Å². The predicted molar refractivity (Wildman–Crippen MR) is 120 cm³/mol. The van der Waals surface area contributed by atoms with Crippen molar-refractivity contribution in [3.05, 3.63) is 82.5 Å². The second-order valence-electron chi connectivity index (χ2n) is 6.48. The molecule has 0 fully saturated rings. The Labute approximate surface area is 188 Å². The van der Waals surface area contributed by atoms with E-state index in [-0.39, 0.29) is 24.9 Å². The SMILES string of the molecule is CCOc1ccc(Oc2cc(CNC(=O)CNC(=O)c3cccc(Br)c3)ccn2)cc1. The summed E-state index contributed by atoms with van der Waals surface area (Å²) in [4.78, 5) is 28.4. The molecular formula is C23H22BrN3O4. The van der Waals surface area contributed by atoms with Crippen LogP contribution in [0.2, 0.25) is 0 Å². The van der Waals surface area contributed by atoms with Crippen molar-refractivity contribution in [2.45, 2.75) is 13.5 Å². The Morgan fingerprint density at radius 3 is 2.52 bits per heavy atom. The third-order valence-electron chi connectivity index (χ3n) is 4.14. The van der Waals surface area contributed by atoms with Crippen LogP contribution in [-0.4, -0.2) is 29.9 Å². The fourth-order valence-corrected chi connectivity index (χ4v) is 3.06. The van der Waals surface area contributed by atoms with Gasteiger partial charge in [0.05, 0.1) is 13.2 Å². The number of hydrogen-bond acceptors (Lipinski definition) is 5. The predicted octanol–water partition coefficient (Wildman–Crippen LogP) is 4.08. The van der Waals surface area contributed by atoms with Crippen LogP contribution in [0.15, 0.2) is 71.3 Å². The van der Waals surface area contributed by atoms with Gasteiger partial charge in [0.15, 0.2) is 0 Å². The summed E-state index contributed by atoms with van der Waals surface area (Å²) in [5.74, 6) is 1.21. The van der Waals surface area contributed by atoms with E-state index in [1.165, 1.54) is 0 Å². The van der Waals surface area contributed by atoms with E-state index >= 15 is 0 Å². The van der Waals surface area contributed by atoms with Gasteiger partial charge in [-0.05, 0) is 61.0 Å². The van der Waals surface area contributed by atoms with E-state index < -0.39 is 0 Å². The van der Waals surface area contributed by atoms with Gasteiger partial charge in [-0.25, -0.2) is 4.98 Å². The number of carbonyl (C=O) groups excluding carboxylic acids is 2. The van der Waals surface area contributed by atoms with Gasteiger partial charge < -0.3 is 20.1 Å². The number of benzene rings is 2. The van der Waals surface area contributed by atoms with Gasteiger partial charge in [0.2, 0.25) is 11.8 Å². The Kier molecular flexibility index (Phi) is 8.00. The van der Waals surface area contributed by atoms with Gasteiger partial charge in [0.1, 0.15) is 11.5 Å². The van der Waals surface area contributed by atoms with Gasteiger partial charge in [-0.2, -0.15) is 0 Å². The van der Waals surface area contributed by atoms with Crippen LogP contribution in [0, 0.1) is 0 Å². The number of carbonyl (C=O) groups is 2. The topological polar surface area (TPSA) is 89.5 Å². The molecule has 0 radical (unpaired) electrons. The number of rotatable bonds is 9. The van der Waals surface area contributed by atoms with Crippen LogP contribution in [0.5, 0.6) is 17.4 Å². The molecule has 0 unspecified atom stereocenters. The van der Waals surface area contributed by atoms with E-state index in [4.69, 9.17) is 9.47 Å². The molecule has 3 rings (SSSR count). The lowest BCUT2D eigenvalue weighted by Gasteiger charge is -2.09. The van der Waals surface area contributed by atoms with Crippen LogP contribution in [-0.2, 0) is 11.3 Å². The molecule has 31 heavy (non-hydrogen) atoms. The average Bonchev–Trinajstić information content (AvgIpc) is 2.78. The van der Waals surface area contributed by atoms with Crippen molar-refractivity contribution in [1.29, 1.82) is 0 Å². The minimum Gasteiger partial charge on any atom is -0.494 e. The average molecular weight is 484 g/mol. The summed E-state index contributed by atoms with van der Waals surface area (Å²) in [5, 5.41) is 5.37. The van der Waals surface area contributed by atoms with Crippen molar-refractivity contribution < 1.29 is 19.1 Å². The van der Waals surface area contributed by atoms with E-state index in [2.05, 4.69) is 31.5 Å². The van der Waals surface area contributed by atoms with Crippen molar-refractivity contribution in [3.63, 3.8) is 0 Å². The first-order valence-corrected chi connectivity index (χ1v) is 10.5. The number of halogens is 1. The minimum atomic E-state index is -0.314. The van der Waals surface area contributed by atoms with E-state index in [0.717, 1.165) is 15.8 Å². The molecule has 0 saturated heterocycles. The summed E-state index contributed by atoms with van der Waals surface area (Å²) in [6.07, 6.45) is 1.61. The van der Waals surface area contributed by atoms with Crippen LogP contribution in [0.1, 0.15) is 22.8 Å². The summed E-state index contributed by atoms with van der Waals surface area (Å²) >= 11 is 3.32. The molecule has 1 heterocycles. The lowest BCUT2D eigenvalue weighted by Crippen LogP contribution is -2.36. The number of nitrogens with zero attached hydrogens (tertiary/aromatic N) is 1. The normalized spacial score (nSPS) is 10.3. The highest BCUT2D eigenvalue weighted by Crippen LogP contribution is 2.23. The molecule has 2 N–H and O–H groups in total. The summed E-state index contributed by atoms with van der Waals surface area (Å²) < 4.78 is 12.0. The number of pyridine rings is 1. The van der Waals surface area contributed by atoms with Gasteiger partial charge in [0.25, 0.3) is 5.91 Å². The molecule has 2 amide bonds. The van der Waals surface area contributed by atoms with Gasteiger partial charge in [-0.1, -0.05) is 22.0 Å². The zero-order valence-electron chi connectivity index (χ0n) is 16.9. The fourth-order valence-electron chi connectivity index (χ4n) is 2.66. The summed E-state index contributed by atoms with van der Waals surface area (Å²) in [7, 11) is 0. The van der Waals surface area contributed by atoms with Crippen molar-refractivity contribution in [2.24, 2.45) is 0 Å². The van der Waals surface area contributed by atoms with Gasteiger partial charge in [-0.15, -0.1) is 0 Å². The Bertz CT molecular complexity index is 1040. The summed E-state index contributed by atoms with van der Waals surface area (Å²) in [6.45, 7) is 2.69. The molecule has 0 saturated carbocycles. The van der Waals surface area contributed by atoms with Crippen molar-refractivity contribution in [3.8, 4) is 17.4 Å². The standard InChI is InChI=1S/C23H22BrN3O4/c1-2-30-19-6-8-20(9-7-19)31-22-12-16(10-11-25-22)14-26-21(28)15-27-23(29)17-4-3-5-18(24)13-17/h3-13H,2,14-15H2,1H3,(H,26,28)(H,27,29). The Morgan fingerprint density at radius 1 is 1.00 bits per heavy atom. The van der Waals surface area contributed by atoms with E-state index in [9.17, 15) is 9.59 Å². The quantitative estimate of drug-likeness (QED) is 0.478. The van der Waals surface area contributed by atoms with Crippen molar-refractivity contribution in [2.75, 3.05) is 13.2 Å². The van der Waals surface area contributed by atoms with Gasteiger partial charge in [-0.3, -0.25) is 9.59 Å². The number of aromatic nitrogens is 1. The van der Waals surface area contributed by atoms with Crippen LogP contribution in [0.3, 0.4) is 0 Å².